The van der Waals surface area contributed by atoms with Crippen LogP contribution in [-0.2, 0) is 0 Å². The summed E-state index contributed by atoms with van der Waals surface area (Å²) >= 11 is 0. The minimum atomic E-state index is -0.305. The van der Waals surface area contributed by atoms with Crippen molar-refractivity contribution in [2.45, 2.75) is 19.9 Å². The van der Waals surface area contributed by atoms with Crippen LogP contribution in [0.15, 0.2) is 30.5 Å². The second kappa shape index (κ2) is 6.43. The first-order valence-electron chi connectivity index (χ1n) is 10.6. The Balaban J connectivity index is 1.34. The highest BCUT2D eigenvalue weighted by atomic mass is 19.1. The number of benzene rings is 1. The molecule has 1 saturated carbocycles. The molecule has 7 nitrogen and oxygen atoms in total. The Bertz CT molecular complexity index is 1330. The van der Waals surface area contributed by atoms with E-state index < -0.39 is 0 Å². The molecule has 0 radical (unpaired) electrons. The van der Waals surface area contributed by atoms with Crippen LogP contribution in [0.5, 0.6) is 0 Å². The maximum Gasteiger partial charge on any atom is 0.156 e. The van der Waals surface area contributed by atoms with Crippen molar-refractivity contribution < 1.29 is 4.39 Å². The van der Waals surface area contributed by atoms with E-state index in [2.05, 4.69) is 44.2 Å². The number of hydrogen-bond acceptors (Lipinski definition) is 6. The number of hydrogen-bond donors (Lipinski definition) is 0. The maximum absolute atomic E-state index is 15.1. The zero-order chi connectivity index (χ0) is 21.4. The van der Waals surface area contributed by atoms with Crippen LogP contribution in [0.25, 0.3) is 27.8 Å². The minimum Gasteiger partial charge on any atom is -0.354 e. The highest BCUT2D eigenvalue weighted by molar-refractivity contribution is 5.85. The molecule has 4 aromatic rings. The van der Waals surface area contributed by atoms with E-state index in [1.165, 1.54) is 6.07 Å². The average Bonchev–Trinajstić information content (AvgIpc) is 3.05. The number of rotatable bonds is 3. The van der Waals surface area contributed by atoms with Crippen molar-refractivity contribution in [2.75, 3.05) is 32.1 Å². The van der Waals surface area contributed by atoms with Gasteiger partial charge >= 0.3 is 0 Å². The van der Waals surface area contributed by atoms with Gasteiger partial charge in [0.1, 0.15) is 5.82 Å². The molecule has 158 valence electrons. The van der Waals surface area contributed by atoms with Crippen LogP contribution in [0.1, 0.15) is 11.3 Å². The first kappa shape index (κ1) is 18.6. The second-order valence-corrected chi connectivity index (χ2v) is 9.14. The molecule has 1 saturated heterocycles. The fourth-order valence-corrected chi connectivity index (χ4v) is 5.23. The van der Waals surface area contributed by atoms with Crippen molar-refractivity contribution in [3.05, 3.63) is 47.5 Å². The molecule has 0 bridgehead atoms. The maximum atomic E-state index is 15.1. The van der Waals surface area contributed by atoms with Gasteiger partial charge in [-0.05, 0) is 69.6 Å². The van der Waals surface area contributed by atoms with Gasteiger partial charge in [-0.25, -0.2) is 13.9 Å². The lowest BCUT2D eigenvalue weighted by Crippen LogP contribution is -2.31. The van der Waals surface area contributed by atoms with Crippen LogP contribution in [0, 0.1) is 31.5 Å². The summed E-state index contributed by atoms with van der Waals surface area (Å²) in [5.41, 5.74) is 4.60. The zero-order valence-corrected chi connectivity index (χ0v) is 18.0. The summed E-state index contributed by atoms with van der Waals surface area (Å²) in [7, 11) is 4.27. The highest BCUT2D eigenvalue weighted by Gasteiger charge is 2.57. The largest absolute Gasteiger partial charge is 0.354 e. The van der Waals surface area contributed by atoms with Gasteiger partial charge in [0.15, 0.2) is 11.5 Å². The number of piperidine rings is 1. The Labute approximate surface area is 179 Å². The molecule has 3 atom stereocenters. The quantitative estimate of drug-likeness (QED) is 0.511. The van der Waals surface area contributed by atoms with Gasteiger partial charge in [0.2, 0.25) is 0 Å². The molecular weight excluding hydrogens is 393 g/mol. The molecule has 1 aliphatic carbocycles. The summed E-state index contributed by atoms with van der Waals surface area (Å²) in [6.07, 6.45) is 1.87. The summed E-state index contributed by atoms with van der Waals surface area (Å²) in [5.74, 6) is 1.81. The zero-order valence-electron chi connectivity index (χ0n) is 18.0. The Morgan fingerprint density at radius 1 is 1.03 bits per heavy atom. The van der Waals surface area contributed by atoms with Gasteiger partial charge in [0.05, 0.1) is 23.1 Å². The third kappa shape index (κ3) is 2.89. The SMILES string of the molecule is Cc1cn2nc(-c3cc(F)c4cc(N5C[C@@H]6[C@H](C5)[C@H]6N(C)C)nnc4c3)cc(C)c2n1. The Morgan fingerprint density at radius 3 is 2.55 bits per heavy atom. The van der Waals surface area contributed by atoms with Crippen molar-refractivity contribution in [1.82, 2.24) is 29.7 Å². The van der Waals surface area contributed by atoms with Crippen molar-refractivity contribution in [3.8, 4) is 11.3 Å². The number of anilines is 1. The standard InChI is InChI=1S/C23H24FN7/c1-12-5-19(28-31-9-13(2)25-23(12)31)14-6-18(24)15-8-21(27-26-20(15)7-14)30-10-16-17(11-30)22(16)29(3)4/h5-9,16-17,22H,10-11H2,1-4H3/t16-,17+,22+. The van der Waals surface area contributed by atoms with E-state index in [0.29, 0.717) is 40.0 Å². The van der Waals surface area contributed by atoms with E-state index in [0.717, 1.165) is 35.8 Å². The van der Waals surface area contributed by atoms with Gasteiger partial charge in [-0.2, -0.15) is 5.10 Å². The number of fused-ring (bicyclic) bond motifs is 3. The molecule has 31 heavy (non-hydrogen) atoms. The molecule has 8 heteroatoms. The summed E-state index contributed by atoms with van der Waals surface area (Å²) in [6, 6.07) is 7.82. The van der Waals surface area contributed by atoms with Crippen molar-refractivity contribution in [2.24, 2.45) is 11.8 Å². The third-order valence-electron chi connectivity index (χ3n) is 6.74. The predicted octanol–water partition coefficient (Wildman–Crippen LogP) is 3.09. The first-order chi connectivity index (χ1) is 14.9. The van der Waals surface area contributed by atoms with E-state index in [9.17, 15) is 0 Å². The van der Waals surface area contributed by atoms with E-state index in [1.54, 1.807) is 4.52 Å². The molecule has 0 spiro atoms. The van der Waals surface area contributed by atoms with Crippen LogP contribution < -0.4 is 4.90 Å². The van der Waals surface area contributed by atoms with Crippen LogP contribution >= 0.6 is 0 Å². The van der Waals surface area contributed by atoms with Gasteiger partial charge in [-0.1, -0.05) is 0 Å². The molecule has 1 aromatic carbocycles. The molecule has 0 amide bonds. The molecule has 0 unspecified atom stereocenters. The fourth-order valence-electron chi connectivity index (χ4n) is 5.23. The van der Waals surface area contributed by atoms with Crippen molar-refractivity contribution in [3.63, 3.8) is 0 Å². The van der Waals surface area contributed by atoms with Crippen molar-refractivity contribution in [1.29, 1.82) is 0 Å². The molecule has 2 fully saturated rings. The van der Waals surface area contributed by atoms with Gasteiger partial charge in [0.25, 0.3) is 0 Å². The van der Waals surface area contributed by atoms with Crippen molar-refractivity contribution >= 4 is 22.4 Å². The van der Waals surface area contributed by atoms with Gasteiger partial charge < -0.3 is 9.80 Å². The Hall–Kier alpha value is -3.13. The van der Waals surface area contributed by atoms with Gasteiger partial charge in [-0.15, -0.1) is 10.2 Å². The van der Waals surface area contributed by atoms with Crippen LogP contribution in [-0.4, -0.2) is 62.9 Å². The Kier molecular flexibility index (Phi) is 3.87. The average molecular weight is 417 g/mol. The number of imidazole rings is 1. The monoisotopic (exact) mass is 417 g/mol. The van der Waals surface area contributed by atoms with Crippen LogP contribution in [0.3, 0.4) is 0 Å². The Morgan fingerprint density at radius 2 is 1.81 bits per heavy atom. The van der Waals surface area contributed by atoms with E-state index in [-0.39, 0.29) is 5.82 Å². The van der Waals surface area contributed by atoms with Gasteiger partial charge in [-0.3, -0.25) is 0 Å². The lowest BCUT2D eigenvalue weighted by atomic mass is 10.1. The van der Waals surface area contributed by atoms with E-state index >= 15 is 4.39 Å². The number of aromatic nitrogens is 5. The molecule has 2 aliphatic rings. The lowest BCUT2D eigenvalue weighted by Gasteiger charge is -2.22. The number of nitrogens with zero attached hydrogens (tertiary/aromatic N) is 7. The summed E-state index contributed by atoms with van der Waals surface area (Å²) < 4.78 is 16.9. The molecule has 6 rings (SSSR count). The van der Waals surface area contributed by atoms with E-state index in [4.69, 9.17) is 0 Å². The van der Waals surface area contributed by atoms with Gasteiger partial charge in [0, 0.05) is 30.1 Å². The number of aryl methyl sites for hydroxylation is 2. The lowest BCUT2D eigenvalue weighted by molar-refractivity contribution is 0.356. The second-order valence-electron chi connectivity index (χ2n) is 9.14. The third-order valence-corrected chi connectivity index (χ3v) is 6.74. The molecular formula is C23H24FN7. The normalized spacial score (nSPS) is 22.6. The summed E-state index contributed by atoms with van der Waals surface area (Å²) in [6.45, 7) is 5.83. The van der Waals surface area contributed by atoms with Crippen LogP contribution in [0.2, 0.25) is 0 Å². The topological polar surface area (TPSA) is 62.5 Å². The fraction of sp³-hybridized carbons (Fsp3) is 0.391. The minimum absolute atomic E-state index is 0.305. The highest BCUT2D eigenvalue weighted by Crippen LogP contribution is 2.48. The molecule has 0 N–H and O–H groups in total. The van der Waals surface area contributed by atoms with Crippen LogP contribution in [0.4, 0.5) is 10.2 Å². The number of halogens is 1. The molecule has 1 aliphatic heterocycles. The predicted molar refractivity (Wildman–Crippen MR) is 118 cm³/mol. The summed E-state index contributed by atoms with van der Waals surface area (Å²) in [4.78, 5) is 9.02. The molecule has 4 heterocycles. The molecule has 3 aromatic heterocycles. The first-order valence-corrected chi connectivity index (χ1v) is 10.6. The smallest absolute Gasteiger partial charge is 0.156 e. The summed E-state index contributed by atoms with van der Waals surface area (Å²) in [5, 5.41) is 13.9. The van der Waals surface area contributed by atoms with E-state index in [1.807, 2.05) is 38.2 Å².